The van der Waals surface area contributed by atoms with Crippen molar-refractivity contribution in [1.29, 1.82) is 5.26 Å². The summed E-state index contributed by atoms with van der Waals surface area (Å²) in [7, 11) is 0. The summed E-state index contributed by atoms with van der Waals surface area (Å²) in [5, 5.41) is 10.6. The Kier molecular flexibility index (Phi) is 4.70. The molecule has 2 aromatic carbocycles. The number of carbonyl (C=O) groups excluding carboxylic acids is 1. The van der Waals surface area contributed by atoms with Crippen LogP contribution in [0.25, 0.3) is 0 Å². The number of hydrogen-bond acceptors (Lipinski definition) is 4. The first-order chi connectivity index (χ1) is 13.5. The van der Waals surface area contributed by atoms with Crippen molar-refractivity contribution in [3.05, 3.63) is 87.3 Å². The number of hydrogen-bond donors (Lipinski definition) is 1. The van der Waals surface area contributed by atoms with E-state index in [2.05, 4.69) is 6.07 Å². The molecule has 0 saturated heterocycles. The molecule has 0 fully saturated rings. The summed E-state index contributed by atoms with van der Waals surface area (Å²) in [6.07, 6.45) is 2.02. The van der Waals surface area contributed by atoms with Crippen molar-refractivity contribution in [3.8, 4) is 6.07 Å². The average molecular weight is 390 g/mol. The first kappa shape index (κ1) is 18.3. The molecule has 140 valence electrons. The first-order valence-electron chi connectivity index (χ1n) is 9.29. The molecule has 1 heterocycles. The standard InChI is InChI=1S/C23H20ClN3O/c1-14-5-11-17(12-6-14)27-19-3-2-4-20(28)22(19)21(18(13-25)23(27)26)15-7-9-16(24)10-8-15/h5-12,21H,2-4,26H2,1H3. The fourth-order valence-electron chi connectivity index (χ4n) is 4.06. The van der Waals surface area contributed by atoms with Crippen LogP contribution in [0.5, 0.6) is 0 Å². The fraction of sp³-hybridized carbons (Fsp3) is 0.217. The van der Waals surface area contributed by atoms with E-state index in [0.717, 1.165) is 35.4 Å². The van der Waals surface area contributed by atoms with E-state index in [-0.39, 0.29) is 5.78 Å². The van der Waals surface area contributed by atoms with E-state index in [4.69, 9.17) is 17.3 Å². The maximum absolute atomic E-state index is 13.0. The predicted octanol–water partition coefficient (Wildman–Crippen LogP) is 4.95. The summed E-state index contributed by atoms with van der Waals surface area (Å²) in [5.41, 5.74) is 11.4. The van der Waals surface area contributed by atoms with E-state index in [1.165, 1.54) is 0 Å². The number of ketones is 1. The second-order valence-electron chi connectivity index (χ2n) is 7.20. The lowest BCUT2D eigenvalue weighted by molar-refractivity contribution is -0.116. The van der Waals surface area contributed by atoms with Crippen LogP contribution in [0.1, 0.15) is 36.3 Å². The minimum Gasteiger partial charge on any atom is -0.384 e. The van der Waals surface area contributed by atoms with E-state index in [1.54, 1.807) is 12.1 Å². The van der Waals surface area contributed by atoms with Crippen molar-refractivity contribution < 1.29 is 4.79 Å². The molecule has 0 spiro atoms. The smallest absolute Gasteiger partial charge is 0.161 e. The van der Waals surface area contributed by atoms with Crippen LogP contribution in [0.2, 0.25) is 5.02 Å². The van der Waals surface area contributed by atoms with E-state index >= 15 is 0 Å². The van der Waals surface area contributed by atoms with Crippen LogP contribution in [0.3, 0.4) is 0 Å². The number of nitriles is 1. The van der Waals surface area contributed by atoms with Crippen molar-refractivity contribution in [2.45, 2.75) is 32.1 Å². The molecule has 1 aliphatic heterocycles. The van der Waals surface area contributed by atoms with Gasteiger partial charge in [-0.3, -0.25) is 9.69 Å². The number of benzene rings is 2. The van der Waals surface area contributed by atoms with Gasteiger partial charge in [-0.2, -0.15) is 5.26 Å². The maximum atomic E-state index is 13.0. The van der Waals surface area contributed by atoms with Gasteiger partial charge in [-0.25, -0.2) is 0 Å². The SMILES string of the molecule is Cc1ccc(N2C(N)=C(C#N)C(c3ccc(Cl)cc3)C3=C2CCCC3=O)cc1. The normalized spacial score (nSPS) is 19.5. The Labute approximate surface area is 169 Å². The second kappa shape index (κ2) is 7.18. The Hall–Kier alpha value is -3.03. The molecule has 0 amide bonds. The molecule has 2 aromatic rings. The van der Waals surface area contributed by atoms with Gasteiger partial charge in [-0.05, 0) is 49.6 Å². The first-order valence-corrected chi connectivity index (χ1v) is 9.67. The van der Waals surface area contributed by atoms with Crippen LogP contribution >= 0.6 is 11.6 Å². The largest absolute Gasteiger partial charge is 0.384 e. The highest BCUT2D eigenvalue weighted by Crippen LogP contribution is 2.46. The van der Waals surface area contributed by atoms with Crippen LogP contribution in [0.4, 0.5) is 5.69 Å². The fourth-order valence-corrected chi connectivity index (χ4v) is 4.19. The van der Waals surface area contributed by atoms with Gasteiger partial charge < -0.3 is 5.73 Å². The maximum Gasteiger partial charge on any atom is 0.161 e. The molecule has 1 aliphatic carbocycles. The molecule has 28 heavy (non-hydrogen) atoms. The highest BCUT2D eigenvalue weighted by atomic mass is 35.5. The molecule has 0 saturated carbocycles. The van der Waals surface area contributed by atoms with E-state index in [9.17, 15) is 10.1 Å². The highest BCUT2D eigenvalue weighted by Gasteiger charge is 2.40. The Morgan fingerprint density at radius 2 is 1.79 bits per heavy atom. The Balaban J connectivity index is 1.95. The summed E-state index contributed by atoms with van der Waals surface area (Å²) in [6.45, 7) is 2.02. The summed E-state index contributed by atoms with van der Waals surface area (Å²) >= 11 is 6.04. The van der Waals surface area contributed by atoms with Gasteiger partial charge in [0.25, 0.3) is 0 Å². The number of rotatable bonds is 2. The van der Waals surface area contributed by atoms with Gasteiger partial charge in [-0.1, -0.05) is 41.4 Å². The van der Waals surface area contributed by atoms with Gasteiger partial charge in [0.05, 0.1) is 17.6 Å². The molecule has 0 bridgehead atoms. The molecule has 2 aliphatic rings. The monoisotopic (exact) mass is 389 g/mol. The zero-order valence-corrected chi connectivity index (χ0v) is 16.3. The molecule has 2 N–H and O–H groups in total. The number of anilines is 1. The third-order valence-corrected chi connectivity index (χ3v) is 5.66. The minimum atomic E-state index is -0.452. The van der Waals surface area contributed by atoms with Crippen molar-refractivity contribution in [2.75, 3.05) is 4.90 Å². The lowest BCUT2D eigenvalue weighted by atomic mass is 9.75. The summed E-state index contributed by atoms with van der Waals surface area (Å²) in [6, 6.07) is 17.5. The molecule has 5 heteroatoms. The number of nitrogens with two attached hydrogens (primary N) is 1. The molecule has 1 unspecified atom stereocenters. The number of aryl methyl sites for hydroxylation is 1. The molecular formula is C23H20ClN3O. The lowest BCUT2D eigenvalue weighted by Crippen LogP contribution is -2.38. The Morgan fingerprint density at radius 3 is 2.43 bits per heavy atom. The zero-order valence-electron chi connectivity index (χ0n) is 15.6. The molecule has 4 nitrogen and oxygen atoms in total. The van der Waals surface area contributed by atoms with Gasteiger partial charge in [0.1, 0.15) is 5.82 Å². The third-order valence-electron chi connectivity index (χ3n) is 5.41. The Bertz CT molecular complexity index is 1040. The van der Waals surface area contributed by atoms with Gasteiger partial charge in [0, 0.05) is 28.4 Å². The zero-order chi connectivity index (χ0) is 19.8. The van der Waals surface area contributed by atoms with Crippen LogP contribution in [-0.4, -0.2) is 5.78 Å². The van der Waals surface area contributed by atoms with Crippen LogP contribution in [0, 0.1) is 18.3 Å². The molecule has 4 rings (SSSR count). The highest BCUT2D eigenvalue weighted by molar-refractivity contribution is 6.30. The summed E-state index contributed by atoms with van der Waals surface area (Å²) in [5.74, 6) is 0.0186. The van der Waals surface area contributed by atoms with E-state index < -0.39 is 5.92 Å². The van der Waals surface area contributed by atoms with Gasteiger partial charge in [-0.15, -0.1) is 0 Å². The summed E-state index contributed by atoms with van der Waals surface area (Å²) < 4.78 is 0. The van der Waals surface area contributed by atoms with Crippen LogP contribution < -0.4 is 10.6 Å². The number of allylic oxidation sites excluding steroid dienone is 3. The minimum absolute atomic E-state index is 0.0820. The quantitative estimate of drug-likeness (QED) is 0.788. The predicted molar refractivity (Wildman–Crippen MR) is 111 cm³/mol. The summed E-state index contributed by atoms with van der Waals surface area (Å²) in [4.78, 5) is 14.9. The van der Waals surface area contributed by atoms with E-state index in [0.29, 0.717) is 28.4 Å². The number of carbonyl (C=O) groups is 1. The number of Topliss-reactive ketones (excluding diaryl/α,β-unsaturated/α-hetero) is 1. The number of nitrogens with zero attached hydrogens (tertiary/aromatic N) is 2. The topological polar surface area (TPSA) is 70.1 Å². The van der Waals surface area contributed by atoms with Gasteiger partial charge >= 0.3 is 0 Å². The van der Waals surface area contributed by atoms with Crippen molar-refractivity contribution in [1.82, 2.24) is 0 Å². The van der Waals surface area contributed by atoms with Gasteiger partial charge in [0.15, 0.2) is 5.78 Å². The third kappa shape index (κ3) is 2.98. The van der Waals surface area contributed by atoms with Crippen LogP contribution in [-0.2, 0) is 4.79 Å². The van der Waals surface area contributed by atoms with Crippen LogP contribution in [0.15, 0.2) is 71.2 Å². The molecule has 1 atom stereocenters. The number of halogens is 1. The lowest BCUT2D eigenvalue weighted by Gasteiger charge is -2.39. The second-order valence-corrected chi connectivity index (χ2v) is 7.64. The molecule has 0 radical (unpaired) electrons. The molecule has 0 aromatic heterocycles. The van der Waals surface area contributed by atoms with Crippen molar-refractivity contribution in [2.24, 2.45) is 5.73 Å². The van der Waals surface area contributed by atoms with E-state index in [1.807, 2.05) is 48.2 Å². The Morgan fingerprint density at radius 1 is 1.11 bits per heavy atom. The molecular weight excluding hydrogens is 370 g/mol. The average Bonchev–Trinajstić information content (AvgIpc) is 2.69. The van der Waals surface area contributed by atoms with Gasteiger partial charge in [0.2, 0.25) is 0 Å². The van der Waals surface area contributed by atoms with Crippen molar-refractivity contribution >= 4 is 23.1 Å². The van der Waals surface area contributed by atoms with Crippen molar-refractivity contribution in [3.63, 3.8) is 0 Å².